The molecular formula is C30H31F2N9. The van der Waals surface area contributed by atoms with Crippen LogP contribution < -0.4 is 10.6 Å². The summed E-state index contributed by atoms with van der Waals surface area (Å²) in [6.07, 6.45) is 1.16. The first-order valence-electron chi connectivity index (χ1n) is 13.4. The third-order valence-corrected chi connectivity index (χ3v) is 7.33. The van der Waals surface area contributed by atoms with Crippen LogP contribution in [0.3, 0.4) is 0 Å². The zero-order valence-electron chi connectivity index (χ0n) is 23.6. The summed E-state index contributed by atoms with van der Waals surface area (Å²) in [6, 6.07) is 11.1. The predicted molar refractivity (Wildman–Crippen MR) is 152 cm³/mol. The molecule has 0 spiro atoms. The lowest BCUT2D eigenvalue weighted by Crippen LogP contribution is -2.26. The second kappa shape index (κ2) is 10.4. The first-order chi connectivity index (χ1) is 19.5. The fraction of sp³-hybridized carbons (Fsp3) is 0.400. The van der Waals surface area contributed by atoms with Crippen LogP contribution in [0.1, 0.15) is 73.4 Å². The Balaban J connectivity index is 1.63. The molecule has 9 nitrogen and oxygen atoms in total. The van der Waals surface area contributed by atoms with Gasteiger partial charge in [-0.3, -0.25) is 9.97 Å². The van der Waals surface area contributed by atoms with Crippen molar-refractivity contribution in [2.75, 3.05) is 17.2 Å². The van der Waals surface area contributed by atoms with Crippen LogP contribution in [0.4, 0.5) is 20.2 Å². The zero-order valence-corrected chi connectivity index (χ0v) is 23.6. The maximum Gasteiger partial charge on any atom is 0.263 e. The lowest BCUT2D eigenvalue weighted by atomic mass is 9.96. The van der Waals surface area contributed by atoms with Gasteiger partial charge >= 0.3 is 0 Å². The molecule has 1 saturated carbocycles. The third-order valence-electron chi connectivity index (χ3n) is 7.33. The van der Waals surface area contributed by atoms with Gasteiger partial charge in [0.05, 0.1) is 34.6 Å². The van der Waals surface area contributed by atoms with Crippen LogP contribution in [0.15, 0.2) is 36.7 Å². The van der Waals surface area contributed by atoms with E-state index >= 15 is 0 Å². The number of halogens is 2. The number of nitriles is 2. The van der Waals surface area contributed by atoms with E-state index in [2.05, 4.69) is 63.8 Å². The Morgan fingerprint density at radius 3 is 2.44 bits per heavy atom. The molecular weight excluding hydrogens is 524 g/mol. The van der Waals surface area contributed by atoms with Gasteiger partial charge in [0.1, 0.15) is 23.4 Å². The summed E-state index contributed by atoms with van der Waals surface area (Å²) in [5.41, 5.74) is 3.75. The molecule has 3 aromatic heterocycles. The van der Waals surface area contributed by atoms with Crippen LogP contribution in [0.25, 0.3) is 10.9 Å². The Morgan fingerprint density at radius 2 is 1.83 bits per heavy atom. The SMILES string of the molecule is Cc1ccc(C(Nc2cc(C#N)c3ncc(C#N)c(NCC(C)(C)C)c3c2)c2cn(C3(C(F)F)CC3)nn2)c(C)n1. The van der Waals surface area contributed by atoms with Crippen LogP contribution in [0, 0.1) is 41.9 Å². The number of pyridine rings is 2. The molecule has 0 amide bonds. The molecule has 0 bridgehead atoms. The van der Waals surface area contributed by atoms with Crippen molar-refractivity contribution in [1.82, 2.24) is 25.0 Å². The van der Waals surface area contributed by atoms with Gasteiger partial charge in [-0.25, -0.2) is 13.5 Å². The van der Waals surface area contributed by atoms with Crippen LogP contribution in [0.2, 0.25) is 0 Å². The highest BCUT2D eigenvalue weighted by molar-refractivity contribution is 5.99. The molecule has 210 valence electrons. The van der Waals surface area contributed by atoms with Gasteiger partial charge in [0.15, 0.2) is 0 Å². The second-order valence-electron chi connectivity index (χ2n) is 11.8. The fourth-order valence-electron chi connectivity index (χ4n) is 4.88. The summed E-state index contributed by atoms with van der Waals surface area (Å²) in [7, 11) is 0. The predicted octanol–water partition coefficient (Wildman–Crippen LogP) is 6.00. The molecule has 1 aromatic carbocycles. The highest BCUT2D eigenvalue weighted by Crippen LogP contribution is 2.48. The van der Waals surface area contributed by atoms with E-state index in [0.29, 0.717) is 58.5 Å². The number of hydrogen-bond acceptors (Lipinski definition) is 8. The largest absolute Gasteiger partial charge is 0.383 e. The summed E-state index contributed by atoms with van der Waals surface area (Å²) in [4.78, 5) is 9.02. The lowest BCUT2D eigenvalue weighted by molar-refractivity contribution is 0.0593. The van der Waals surface area contributed by atoms with Gasteiger partial charge in [-0.05, 0) is 50.3 Å². The molecule has 4 aromatic rings. The summed E-state index contributed by atoms with van der Waals surface area (Å²) in [6.45, 7) is 10.6. The molecule has 3 heterocycles. The number of aromatic nitrogens is 5. The van der Waals surface area contributed by atoms with E-state index in [9.17, 15) is 19.3 Å². The van der Waals surface area contributed by atoms with Gasteiger partial charge in [0, 0.05) is 40.8 Å². The standard InChI is InChI=1S/C30H31F2N9/c1-17-6-7-22(18(2)37-17)27(24-15-41(40-39-24)30(8-9-30)28(31)32)38-21-10-19(12-33)25-23(11-21)26(20(13-34)14-35-25)36-16-29(3,4)5/h6-7,10-11,14-15,27-28,38H,8-9,16H2,1-5H3,(H,35,36). The van der Waals surface area contributed by atoms with Crippen molar-refractivity contribution in [3.05, 3.63) is 70.4 Å². The quantitative estimate of drug-likeness (QED) is 0.271. The number of aryl methyl sites for hydroxylation is 2. The third kappa shape index (κ3) is 5.40. The molecule has 1 unspecified atom stereocenters. The summed E-state index contributed by atoms with van der Waals surface area (Å²) < 4.78 is 29.0. The Bertz CT molecular complexity index is 1700. The number of anilines is 2. The molecule has 41 heavy (non-hydrogen) atoms. The Kier molecular flexibility index (Phi) is 7.08. The monoisotopic (exact) mass is 555 g/mol. The highest BCUT2D eigenvalue weighted by Gasteiger charge is 2.54. The smallest absolute Gasteiger partial charge is 0.263 e. The molecule has 1 aliphatic carbocycles. The first-order valence-corrected chi connectivity index (χ1v) is 13.4. The molecule has 1 atom stereocenters. The number of rotatable bonds is 8. The maximum absolute atomic E-state index is 13.8. The second-order valence-corrected chi connectivity index (χ2v) is 11.8. The van der Waals surface area contributed by atoms with E-state index in [1.807, 2.05) is 32.0 Å². The topological polar surface area (TPSA) is 128 Å². The molecule has 2 N–H and O–H groups in total. The van der Waals surface area contributed by atoms with Gasteiger partial charge in [-0.1, -0.05) is 32.1 Å². The number of fused-ring (bicyclic) bond motifs is 1. The number of hydrogen-bond donors (Lipinski definition) is 2. The minimum absolute atomic E-state index is 0.0692. The van der Waals surface area contributed by atoms with Crippen LogP contribution in [-0.2, 0) is 5.54 Å². The van der Waals surface area contributed by atoms with Crippen LogP contribution in [-0.4, -0.2) is 37.9 Å². The first kappa shape index (κ1) is 27.9. The van der Waals surface area contributed by atoms with E-state index < -0.39 is 18.0 Å². The van der Waals surface area contributed by atoms with Crippen molar-refractivity contribution in [3.63, 3.8) is 0 Å². The Labute approximate surface area is 237 Å². The fourth-order valence-corrected chi connectivity index (χ4v) is 4.88. The number of nitrogens with one attached hydrogen (secondary N) is 2. The highest BCUT2D eigenvalue weighted by atomic mass is 19.3. The number of benzene rings is 1. The number of nitrogens with zero attached hydrogens (tertiary/aromatic N) is 7. The minimum atomic E-state index is -2.55. The molecule has 5 rings (SSSR count). The van der Waals surface area contributed by atoms with Crippen molar-refractivity contribution < 1.29 is 8.78 Å². The minimum Gasteiger partial charge on any atom is -0.383 e. The average molecular weight is 556 g/mol. The van der Waals surface area contributed by atoms with E-state index in [1.54, 1.807) is 12.3 Å². The summed E-state index contributed by atoms with van der Waals surface area (Å²) in [5.74, 6) is 0. The summed E-state index contributed by atoms with van der Waals surface area (Å²) in [5, 5.41) is 35.7. The van der Waals surface area contributed by atoms with Gasteiger partial charge < -0.3 is 10.6 Å². The van der Waals surface area contributed by atoms with Crippen molar-refractivity contribution in [2.24, 2.45) is 5.41 Å². The summed E-state index contributed by atoms with van der Waals surface area (Å²) >= 11 is 0. The molecule has 0 radical (unpaired) electrons. The molecule has 11 heteroatoms. The van der Waals surface area contributed by atoms with Crippen LogP contribution >= 0.6 is 0 Å². The lowest BCUT2D eigenvalue weighted by Gasteiger charge is -2.23. The van der Waals surface area contributed by atoms with Gasteiger partial charge in [0.2, 0.25) is 0 Å². The Hall–Kier alpha value is -4.64. The maximum atomic E-state index is 13.8. The van der Waals surface area contributed by atoms with E-state index in [1.165, 1.54) is 10.9 Å². The van der Waals surface area contributed by atoms with E-state index in [-0.39, 0.29) is 5.41 Å². The van der Waals surface area contributed by atoms with Crippen molar-refractivity contribution >= 4 is 22.3 Å². The van der Waals surface area contributed by atoms with E-state index in [4.69, 9.17) is 0 Å². The average Bonchev–Trinajstić information content (AvgIpc) is 3.60. The van der Waals surface area contributed by atoms with Crippen LogP contribution in [0.5, 0.6) is 0 Å². The normalized spacial score (nSPS) is 14.9. The molecule has 1 fully saturated rings. The number of alkyl halides is 2. The van der Waals surface area contributed by atoms with Crippen molar-refractivity contribution in [1.29, 1.82) is 10.5 Å². The zero-order chi connectivity index (χ0) is 29.5. The Morgan fingerprint density at radius 1 is 1.10 bits per heavy atom. The van der Waals surface area contributed by atoms with Gasteiger partial charge in [-0.2, -0.15) is 10.5 Å². The van der Waals surface area contributed by atoms with Gasteiger partial charge in [-0.15, -0.1) is 5.10 Å². The molecule has 1 aliphatic rings. The molecule has 0 aliphatic heterocycles. The van der Waals surface area contributed by atoms with Crippen molar-refractivity contribution in [2.45, 2.75) is 65.5 Å². The molecule has 0 saturated heterocycles. The van der Waals surface area contributed by atoms with Gasteiger partial charge in [0.25, 0.3) is 6.43 Å². The van der Waals surface area contributed by atoms with E-state index in [0.717, 1.165) is 17.0 Å². The van der Waals surface area contributed by atoms with Crippen molar-refractivity contribution in [3.8, 4) is 12.1 Å².